The minimum absolute atomic E-state index is 0.627. The summed E-state index contributed by atoms with van der Waals surface area (Å²) in [4.78, 5) is 0. The standard InChI is InChI=1S/C10H12N4O/c1-8-5-10(14-7-11-12-13-14)4-3-9(8)6-15-2/h3-5,7H,6H2,1-2H3. The highest BCUT2D eigenvalue weighted by atomic mass is 16.5. The van der Waals surface area contributed by atoms with Gasteiger partial charge in [0.25, 0.3) is 0 Å². The lowest BCUT2D eigenvalue weighted by Crippen LogP contribution is -1.98. The van der Waals surface area contributed by atoms with Crippen molar-refractivity contribution in [1.29, 1.82) is 0 Å². The molecule has 0 bridgehead atoms. The average molecular weight is 204 g/mol. The molecule has 0 spiro atoms. The zero-order valence-corrected chi connectivity index (χ0v) is 8.71. The molecule has 0 amide bonds. The first kappa shape index (κ1) is 9.79. The Morgan fingerprint density at radius 3 is 2.87 bits per heavy atom. The predicted molar refractivity (Wildman–Crippen MR) is 54.6 cm³/mol. The Balaban J connectivity index is 2.33. The first-order valence-electron chi connectivity index (χ1n) is 4.63. The van der Waals surface area contributed by atoms with Gasteiger partial charge in [0.05, 0.1) is 12.3 Å². The second-order valence-electron chi connectivity index (χ2n) is 3.30. The summed E-state index contributed by atoms with van der Waals surface area (Å²) in [6.45, 7) is 2.67. The monoisotopic (exact) mass is 204 g/mol. The van der Waals surface area contributed by atoms with Gasteiger partial charge in [0.2, 0.25) is 0 Å². The molecule has 2 aromatic rings. The van der Waals surface area contributed by atoms with Crippen LogP contribution in [0.15, 0.2) is 24.5 Å². The van der Waals surface area contributed by atoms with E-state index in [0.717, 1.165) is 5.69 Å². The second kappa shape index (κ2) is 4.18. The number of aryl methyl sites for hydroxylation is 1. The van der Waals surface area contributed by atoms with Crippen LogP contribution >= 0.6 is 0 Å². The smallest absolute Gasteiger partial charge is 0.143 e. The van der Waals surface area contributed by atoms with Crippen LogP contribution in [0.2, 0.25) is 0 Å². The fraction of sp³-hybridized carbons (Fsp3) is 0.300. The fourth-order valence-electron chi connectivity index (χ4n) is 1.42. The number of nitrogens with zero attached hydrogens (tertiary/aromatic N) is 4. The van der Waals surface area contributed by atoms with E-state index in [1.54, 1.807) is 18.1 Å². The van der Waals surface area contributed by atoms with E-state index in [2.05, 4.69) is 15.5 Å². The Labute approximate surface area is 87.7 Å². The Bertz CT molecular complexity index is 439. The van der Waals surface area contributed by atoms with Crippen LogP contribution in [-0.2, 0) is 11.3 Å². The minimum Gasteiger partial charge on any atom is -0.380 e. The molecule has 0 aliphatic carbocycles. The van der Waals surface area contributed by atoms with Crippen molar-refractivity contribution in [3.63, 3.8) is 0 Å². The molecular formula is C10H12N4O. The quantitative estimate of drug-likeness (QED) is 0.751. The second-order valence-corrected chi connectivity index (χ2v) is 3.30. The highest BCUT2D eigenvalue weighted by molar-refractivity contribution is 5.38. The minimum atomic E-state index is 0.627. The fourth-order valence-corrected chi connectivity index (χ4v) is 1.42. The molecule has 0 fully saturated rings. The summed E-state index contributed by atoms with van der Waals surface area (Å²) in [6, 6.07) is 6.03. The molecule has 0 N–H and O–H groups in total. The Morgan fingerprint density at radius 1 is 1.40 bits per heavy atom. The number of aromatic nitrogens is 4. The third kappa shape index (κ3) is 2.02. The highest BCUT2D eigenvalue weighted by Crippen LogP contribution is 2.14. The molecule has 78 valence electrons. The van der Waals surface area contributed by atoms with Gasteiger partial charge in [-0.1, -0.05) is 6.07 Å². The predicted octanol–water partition coefficient (Wildman–Crippen LogP) is 1.12. The van der Waals surface area contributed by atoms with Crippen molar-refractivity contribution in [2.24, 2.45) is 0 Å². The first-order chi connectivity index (χ1) is 7.31. The highest BCUT2D eigenvalue weighted by Gasteiger charge is 2.02. The van der Waals surface area contributed by atoms with Crippen molar-refractivity contribution >= 4 is 0 Å². The van der Waals surface area contributed by atoms with Gasteiger partial charge in [-0.15, -0.1) is 5.10 Å². The number of ether oxygens (including phenoxy) is 1. The van der Waals surface area contributed by atoms with E-state index in [1.807, 2.05) is 25.1 Å². The lowest BCUT2D eigenvalue weighted by molar-refractivity contribution is 0.184. The Morgan fingerprint density at radius 2 is 2.27 bits per heavy atom. The molecule has 0 atom stereocenters. The molecule has 0 unspecified atom stereocenters. The van der Waals surface area contributed by atoms with Crippen molar-refractivity contribution in [3.05, 3.63) is 35.7 Å². The van der Waals surface area contributed by atoms with E-state index in [0.29, 0.717) is 6.61 Å². The SMILES string of the molecule is COCc1ccc(-n2cnnn2)cc1C. The molecule has 1 heterocycles. The van der Waals surface area contributed by atoms with Gasteiger partial charge in [-0.2, -0.15) is 0 Å². The largest absolute Gasteiger partial charge is 0.380 e. The van der Waals surface area contributed by atoms with Gasteiger partial charge in [0.15, 0.2) is 0 Å². The molecule has 0 aliphatic rings. The van der Waals surface area contributed by atoms with E-state index in [-0.39, 0.29) is 0 Å². The Kier molecular flexibility index (Phi) is 2.73. The van der Waals surface area contributed by atoms with Crippen LogP contribution in [0, 0.1) is 6.92 Å². The average Bonchev–Trinajstić information content (AvgIpc) is 2.74. The van der Waals surface area contributed by atoms with Crippen molar-refractivity contribution in [3.8, 4) is 5.69 Å². The van der Waals surface area contributed by atoms with Crippen molar-refractivity contribution in [2.45, 2.75) is 13.5 Å². The van der Waals surface area contributed by atoms with E-state index in [9.17, 15) is 0 Å². The molecule has 1 aromatic heterocycles. The molecular weight excluding hydrogens is 192 g/mol. The maximum atomic E-state index is 5.09. The number of methoxy groups -OCH3 is 1. The van der Waals surface area contributed by atoms with Gasteiger partial charge in [-0.3, -0.25) is 0 Å². The summed E-state index contributed by atoms with van der Waals surface area (Å²) < 4.78 is 6.72. The summed E-state index contributed by atoms with van der Waals surface area (Å²) in [6.07, 6.45) is 1.57. The molecule has 0 saturated carbocycles. The molecule has 0 saturated heterocycles. The van der Waals surface area contributed by atoms with Gasteiger partial charge >= 0.3 is 0 Å². The molecule has 5 heteroatoms. The van der Waals surface area contributed by atoms with E-state index < -0.39 is 0 Å². The van der Waals surface area contributed by atoms with Gasteiger partial charge in [0, 0.05) is 7.11 Å². The normalized spacial score (nSPS) is 10.5. The summed E-state index contributed by atoms with van der Waals surface area (Å²) in [5, 5.41) is 11.0. The first-order valence-corrected chi connectivity index (χ1v) is 4.63. The number of rotatable bonds is 3. The molecule has 0 aliphatic heterocycles. The van der Waals surface area contributed by atoms with Gasteiger partial charge < -0.3 is 4.74 Å². The van der Waals surface area contributed by atoms with Crippen LogP contribution in [-0.4, -0.2) is 27.3 Å². The maximum Gasteiger partial charge on any atom is 0.143 e. The molecule has 1 aromatic carbocycles. The van der Waals surface area contributed by atoms with Crippen LogP contribution < -0.4 is 0 Å². The number of hydrogen-bond acceptors (Lipinski definition) is 4. The maximum absolute atomic E-state index is 5.09. The summed E-state index contributed by atoms with van der Waals surface area (Å²) in [5.74, 6) is 0. The topological polar surface area (TPSA) is 52.8 Å². The zero-order chi connectivity index (χ0) is 10.7. The van der Waals surface area contributed by atoms with Crippen molar-refractivity contribution in [1.82, 2.24) is 20.2 Å². The van der Waals surface area contributed by atoms with Gasteiger partial charge in [-0.25, -0.2) is 4.68 Å². The summed E-state index contributed by atoms with van der Waals surface area (Å²) in [5.41, 5.74) is 3.30. The van der Waals surface area contributed by atoms with Crippen LogP contribution in [0.25, 0.3) is 5.69 Å². The molecule has 5 nitrogen and oxygen atoms in total. The van der Waals surface area contributed by atoms with Crippen molar-refractivity contribution < 1.29 is 4.74 Å². The molecule has 0 radical (unpaired) electrons. The van der Waals surface area contributed by atoms with Gasteiger partial charge in [0.1, 0.15) is 6.33 Å². The number of benzene rings is 1. The van der Waals surface area contributed by atoms with Crippen molar-refractivity contribution in [2.75, 3.05) is 7.11 Å². The van der Waals surface area contributed by atoms with Crippen LogP contribution in [0.3, 0.4) is 0 Å². The van der Waals surface area contributed by atoms with Gasteiger partial charge in [-0.05, 0) is 40.6 Å². The van der Waals surface area contributed by atoms with E-state index in [1.165, 1.54) is 11.1 Å². The third-order valence-electron chi connectivity index (χ3n) is 2.24. The van der Waals surface area contributed by atoms with Crippen LogP contribution in [0.4, 0.5) is 0 Å². The zero-order valence-electron chi connectivity index (χ0n) is 8.71. The van der Waals surface area contributed by atoms with Crippen LogP contribution in [0.5, 0.6) is 0 Å². The lowest BCUT2D eigenvalue weighted by atomic mass is 10.1. The Hall–Kier alpha value is -1.75. The third-order valence-corrected chi connectivity index (χ3v) is 2.24. The van der Waals surface area contributed by atoms with E-state index in [4.69, 9.17) is 4.74 Å². The number of hydrogen-bond donors (Lipinski definition) is 0. The summed E-state index contributed by atoms with van der Waals surface area (Å²) >= 11 is 0. The van der Waals surface area contributed by atoms with Crippen LogP contribution in [0.1, 0.15) is 11.1 Å². The molecule has 2 rings (SSSR count). The lowest BCUT2D eigenvalue weighted by Gasteiger charge is -2.06. The van der Waals surface area contributed by atoms with E-state index >= 15 is 0 Å². The summed E-state index contributed by atoms with van der Waals surface area (Å²) in [7, 11) is 1.69. The number of tetrazole rings is 1. The molecule has 15 heavy (non-hydrogen) atoms.